The molecule has 102 valence electrons. The van der Waals surface area contributed by atoms with Crippen molar-refractivity contribution in [1.29, 1.82) is 0 Å². The third kappa shape index (κ3) is 3.35. The fourth-order valence-corrected chi connectivity index (χ4v) is 2.07. The molecule has 2 rings (SSSR count). The van der Waals surface area contributed by atoms with Crippen molar-refractivity contribution in [2.24, 2.45) is 5.73 Å². The SMILES string of the molecule is COc1ccc(-c2nc(CC(C)(C)N)[nH]c2C)cc1. The van der Waals surface area contributed by atoms with Gasteiger partial charge in [-0.3, -0.25) is 0 Å². The van der Waals surface area contributed by atoms with Gasteiger partial charge in [0.05, 0.1) is 12.8 Å². The zero-order chi connectivity index (χ0) is 14.0. The van der Waals surface area contributed by atoms with E-state index in [1.54, 1.807) is 7.11 Å². The summed E-state index contributed by atoms with van der Waals surface area (Å²) in [5.41, 5.74) is 8.88. The fourth-order valence-electron chi connectivity index (χ4n) is 2.07. The van der Waals surface area contributed by atoms with Crippen molar-refractivity contribution in [3.05, 3.63) is 35.8 Å². The van der Waals surface area contributed by atoms with Gasteiger partial charge in [-0.15, -0.1) is 0 Å². The largest absolute Gasteiger partial charge is 0.497 e. The number of H-pyrrole nitrogens is 1. The Balaban J connectivity index is 2.29. The van der Waals surface area contributed by atoms with E-state index in [4.69, 9.17) is 10.5 Å². The van der Waals surface area contributed by atoms with E-state index < -0.39 is 0 Å². The molecule has 0 unspecified atom stereocenters. The van der Waals surface area contributed by atoms with E-state index in [1.807, 2.05) is 45.0 Å². The van der Waals surface area contributed by atoms with E-state index in [2.05, 4.69) is 9.97 Å². The minimum absolute atomic E-state index is 0.262. The Morgan fingerprint density at radius 1 is 1.26 bits per heavy atom. The first-order valence-electron chi connectivity index (χ1n) is 6.38. The smallest absolute Gasteiger partial charge is 0.118 e. The molecule has 0 amide bonds. The predicted octanol–water partition coefficient (Wildman–Crippen LogP) is 2.67. The molecular weight excluding hydrogens is 238 g/mol. The molecule has 0 saturated heterocycles. The molecular formula is C15H21N3O. The van der Waals surface area contributed by atoms with E-state index >= 15 is 0 Å². The minimum Gasteiger partial charge on any atom is -0.497 e. The summed E-state index contributed by atoms with van der Waals surface area (Å²) in [6.45, 7) is 6.02. The van der Waals surface area contributed by atoms with Crippen molar-refractivity contribution in [2.75, 3.05) is 7.11 Å². The molecule has 1 aromatic carbocycles. The van der Waals surface area contributed by atoms with Gasteiger partial charge in [-0.2, -0.15) is 0 Å². The van der Waals surface area contributed by atoms with Gasteiger partial charge in [0.15, 0.2) is 0 Å². The third-order valence-electron chi connectivity index (χ3n) is 2.92. The summed E-state index contributed by atoms with van der Waals surface area (Å²) in [6, 6.07) is 7.91. The van der Waals surface area contributed by atoms with Gasteiger partial charge in [0.1, 0.15) is 11.6 Å². The van der Waals surface area contributed by atoms with Crippen molar-refractivity contribution >= 4 is 0 Å². The summed E-state index contributed by atoms with van der Waals surface area (Å²) in [7, 11) is 1.66. The summed E-state index contributed by atoms with van der Waals surface area (Å²) >= 11 is 0. The number of benzene rings is 1. The van der Waals surface area contributed by atoms with Crippen LogP contribution in [0.3, 0.4) is 0 Å². The highest BCUT2D eigenvalue weighted by Crippen LogP contribution is 2.24. The first-order valence-corrected chi connectivity index (χ1v) is 6.38. The summed E-state index contributed by atoms with van der Waals surface area (Å²) in [5.74, 6) is 1.77. The molecule has 0 spiro atoms. The Labute approximate surface area is 114 Å². The molecule has 0 saturated carbocycles. The maximum absolute atomic E-state index is 6.03. The average Bonchev–Trinajstić information content (AvgIpc) is 2.68. The molecule has 0 radical (unpaired) electrons. The topological polar surface area (TPSA) is 63.9 Å². The number of imidazole rings is 1. The van der Waals surface area contributed by atoms with Crippen LogP contribution in [0.15, 0.2) is 24.3 Å². The second kappa shape index (κ2) is 5.05. The van der Waals surface area contributed by atoms with Crippen LogP contribution in [0.4, 0.5) is 0 Å². The molecule has 0 atom stereocenters. The molecule has 1 aromatic heterocycles. The van der Waals surface area contributed by atoms with Crippen LogP contribution in [0.25, 0.3) is 11.3 Å². The van der Waals surface area contributed by atoms with Crippen LogP contribution < -0.4 is 10.5 Å². The summed E-state index contributed by atoms with van der Waals surface area (Å²) in [6.07, 6.45) is 0.726. The number of hydrogen-bond donors (Lipinski definition) is 2. The molecule has 0 aliphatic rings. The number of ether oxygens (including phenoxy) is 1. The Kier molecular flexibility index (Phi) is 3.62. The van der Waals surface area contributed by atoms with E-state index in [-0.39, 0.29) is 5.54 Å². The normalized spacial score (nSPS) is 11.6. The Bertz CT molecular complexity index is 550. The van der Waals surface area contributed by atoms with Gasteiger partial charge in [0.2, 0.25) is 0 Å². The number of nitrogens with two attached hydrogens (primary N) is 1. The molecule has 0 aliphatic heterocycles. The van der Waals surface area contributed by atoms with E-state index in [1.165, 1.54) is 0 Å². The van der Waals surface area contributed by atoms with Crippen molar-refractivity contribution < 1.29 is 4.74 Å². The van der Waals surface area contributed by atoms with Crippen LogP contribution in [0, 0.1) is 6.92 Å². The summed E-state index contributed by atoms with van der Waals surface area (Å²) in [5, 5.41) is 0. The van der Waals surface area contributed by atoms with Crippen LogP contribution in [0.1, 0.15) is 25.4 Å². The lowest BCUT2D eigenvalue weighted by Crippen LogP contribution is -2.34. The van der Waals surface area contributed by atoms with E-state index in [0.717, 1.165) is 34.9 Å². The number of aromatic amines is 1. The van der Waals surface area contributed by atoms with Gasteiger partial charge in [-0.05, 0) is 45.0 Å². The molecule has 0 aliphatic carbocycles. The molecule has 1 heterocycles. The first-order chi connectivity index (χ1) is 8.89. The molecule has 3 N–H and O–H groups in total. The lowest BCUT2D eigenvalue weighted by Gasteiger charge is -2.15. The van der Waals surface area contributed by atoms with Crippen LogP contribution in [-0.2, 0) is 6.42 Å². The van der Waals surface area contributed by atoms with Crippen molar-refractivity contribution in [2.45, 2.75) is 32.7 Å². The van der Waals surface area contributed by atoms with Crippen LogP contribution >= 0.6 is 0 Å². The molecule has 0 bridgehead atoms. The second-order valence-corrected chi connectivity index (χ2v) is 5.55. The number of nitrogens with zero attached hydrogens (tertiary/aromatic N) is 1. The van der Waals surface area contributed by atoms with Gasteiger partial charge < -0.3 is 15.5 Å². The average molecular weight is 259 g/mol. The highest BCUT2D eigenvalue weighted by atomic mass is 16.5. The van der Waals surface area contributed by atoms with Crippen LogP contribution in [0.5, 0.6) is 5.75 Å². The summed E-state index contributed by atoms with van der Waals surface area (Å²) < 4.78 is 5.16. The van der Waals surface area contributed by atoms with E-state index in [9.17, 15) is 0 Å². The van der Waals surface area contributed by atoms with Crippen molar-refractivity contribution in [3.63, 3.8) is 0 Å². The minimum atomic E-state index is -0.262. The predicted molar refractivity (Wildman–Crippen MR) is 77.3 cm³/mol. The number of aromatic nitrogens is 2. The van der Waals surface area contributed by atoms with Gasteiger partial charge in [-0.1, -0.05) is 0 Å². The Morgan fingerprint density at radius 3 is 2.42 bits per heavy atom. The second-order valence-electron chi connectivity index (χ2n) is 5.55. The Hall–Kier alpha value is -1.81. The Morgan fingerprint density at radius 2 is 1.89 bits per heavy atom. The maximum Gasteiger partial charge on any atom is 0.118 e. The standard InChI is InChI=1S/C15H21N3O/c1-10-14(11-5-7-12(19-4)8-6-11)18-13(17-10)9-15(2,3)16/h5-8H,9,16H2,1-4H3,(H,17,18). The monoisotopic (exact) mass is 259 g/mol. The number of rotatable bonds is 4. The van der Waals surface area contributed by atoms with Crippen LogP contribution in [0.2, 0.25) is 0 Å². The van der Waals surface area contributed by atoms with Crippen LogP contribution in [-0.4, -0.2) is 22.6 Å². The highest BCUT2D eigenvalue weighted by molar-refractivity contribution is 5.62. The molecule has 19 heavy (non-hydrogen) atoms. The molecule has 4 heteroatoms. The van der Waals surface area contributed by atoms with Gasteiger partial charge >= 0.3 is 0 Å². The van der Waals surface area contributed by atoms with Gasteiger partial charge in [0, 0.05) is 23.2 Å². The molecule has 2 aromatic rings. The zero-order valence-electron chi connectivity index (χ0n) is 11.9. The van der Waals surface area contributed by atoms with Gasteiger partial charge in [-0.25, -0.2) is 4.98 Å². The quantitative estimate of drug-likeness (QED) is 0.887. The maximum atomic E-state index is 6.03. The number of aryl methyl sites for hydroxylation is 1. The van der Waals surface area contributed by atoms with Crippen molar-refractivity contribution in [3.8, 4) is 17.0 Å². The molecule has 4 nitrogen and oxygen atoms in total. The third-order valence-corrected chi connectivity index (χ3v) is 2.92. The van der Waals surface area contributed by atoms with Gasteiger partial charge in [0.25, 0.3) is 0 Å². The van der Waals surface area contributed by atoms with E-state index in [0.29, 0.717) is 0 Å². The lowest BCUT2D eigenvalue weighted by molar-refractivity contribution is 0.415. The van der Waals surface area contributed by atoms with Crippen molar-refractivity contribution in [1.82, 2.24) is 9.97 Å². The number of nitrogens with one attached hydrogen (secondary N) is 1. The summed E-state index contributed by atoms with van der Waals surface area (Å²) in [4.78, 5) is 7.95. The highest BCUT2D eigenvalue weighted by Gasteiger charge is 2.16. The molecule has 0 fully saturated rings. The lowest BCUT2D eigenvalue weighted by atomic mass is 10.0. The number of hydrogen-bond acceptors (Lipinski definition) is 3. The first kappa shape index (κ1) is 13.6. The number of methoxy groups -OCH3 is 1. The zero-order valence-corrected chi connectivity index (χ0v) is 11.9. The fraction of sp³-hybridized carbons (Fsp3) is 0.400.